The maximum atomic E-state index is 10.6. The standard InChI is InChI=1S/C13H18BrNO4/c1-7-6-8(9(15)4-5-10(16)17)13(19-3)11(14)12(7)18-2/h6,9H,4-5,15H2,1-3H3,(H,16,17). The summed E-state index contributed by atoms with van der Waals surface area (Å²) in [6.45, 7) is 1.90. The second kappa shape index (κ2) is 6.77. The average molecular weight is 332 g/mol. The maximum Gasteiger partial charge on any atom is 0.303 e. The Labute approximate surface area is 120 Å². The molecule has 19 heavy (non-hydrogen) atoms. The largest absolute Gasteiger partial charge is 0.495 e. The Morgan fingerprint density at radius 3 is 2.47 bits per heavy atom. The van der Waals surface area contributed by atoms with Crippen LogP contribution >= 0.6 is 15.9 Å². The molecule has 1 rings (SSSR count). The number of rotatable bonds is 6. The van der Waals surface area contributed by atoms with Crippen LogP contribution < -0.4 is 15.2 Å². The van der Waals surface area contributed by atoms with E-state index in [1.54, 1.807) is 14.2 Å². The van der Waals surface area contributed by atoms with Crippen LogP contribution in [0.2, 0.25) is 0 Å². The lowest BCUT2D eigenvalue weighted by Crippen LogP contribution is -2.14. The van der Waals surface area contributed by atoms with Crippen molar-refractivity contribution in [1.82, 2.24) is 0 Å². The van der Waals surface area contributed by atoms with Crippen LogP contribution in [0.25, 0.3) is 0 Å². The molecule has 0 aromatic heterocycles. The SMILES string of the molecule is COc1c(C)cc(C(N)CCC(=O)O)c(OC)c1Br. The topological polar surface area (TPSA) is 81.8 Å². The summed E-state index contributed by atoms with van der Waals surface area (Å²) in [4.78, 5) is 10.6. The van der Waals surface area contributed by atoms with E-state index in [4.69, 9.17) is 20.3 Å². The number of hydrogen-bond acceptors (Lipinski definition) is 4. The van der Waals surface area contributed by atoms with Crippen molar-refractivity contribution in [2.45, 2.75) is 25.8 Å². The fraction of sp³-hybridized carbons (Fsp3) is 0.462. The van der Waals surface area contributed by atoms with Gasteiger partial charge in [-0.1, -0.05) is 0 Å². The quantitative estimate of drug-likeness (QED) is 0.837. The molecule has 0 radical (unpaired) electrons. The van der Waals surface area contributed by atoms with E-state index in [0.717, 1.165) is 11.1 Å². The van der Waals surface area contributed by atoms with Gasteiger partial charge in [0.2, 0.25) is 0 Å². The Bertz CT molecular complexity index is 476. The van der Waals surface area contributed by atoms with Crippen LogP contribution in [0, 0.1) is 6.92 Å². The predicted molar refractivity (Wildman–Crippen MR) is 75.8 cm³/mol. The first-order valence-corrected chi connectivity index (χ1v) is 6.60. The number of aryl methyl sites for hydroxylation is 1. The number of aliphatic carboxylic acids is 1. The van der Waals surface area contributed by atoms with Crippen LogP contribution in [0.1, 0.15) is 30.0 Å². The van der Waals surface area contributed by atoms with Crippen molar-refractivity contribution in [2.75, 3.05) is 14.2 Å². The van der Waals surface area contributed by atoms with Crippen LogP contribution in [0.3, 0.4) is 0 Å². The normalized spacial score (nSPS) is 12.1. The van der Waals surface area contributed by atoms with Gasteiger partial charge in [0.15, 0.2) is 0 Å². The minimum Gasteiger partial charge on any atom is -0.495 e. The highest BCUT2D eigenvalue weighted by Crippen LogP contribution is 2.42. The molecule has 0 spiro atoms. The molecule has 5 nitrogen and oxygen atoms in total. The van der Waals surface area contributed by atoms with Gasteiger partial charge in [0.1, 0.15) is 16.0 Å². The molecule has 0 amide bonds. The van der Waals surface area contributed by atoms with Crippen molar-refractivity contribution in [2.24, 2.45) is 5.73 Å². The number of carbonyl (C=O) groups is 1. The van der Waals surface area contributed by atoms with E-state index < -0.39 is 12.0 Å². The summed E-state index contributed by atoms with van der Waals surface area (Å²) < 4.78 is 11.3. The fourth-order valence-corrected chi connectivity index (χ4v) is 2.80. The number of methoxy groups -OCH3 is 2. The van der Waals surface area contributed by atoms with Crippen molar-refractivity contribution in [3.05, 3.63) is 21.7 Å². The highest BCUT2D eigenvalue weighted by molar-refractivity contribution is 9.10. The minimum absolute atomic E-state index is 0.0209. The van der Waals surface area contributed by atoms with Gasteiger partial charge in [0.05, 0.1) is 14.2 Å². The number of halogens is 1. The molecular weight excluding hydrogens is 314 g/mol. The third kappa shape index (κ3) is 3.61. The lowest BCUT2D eigenvalue weighted by Gasteiger charge is -2.19. The molecule has 0 bridgehead atoms. The first kappa shape index (κ1) is 15.8. The first-order chi connectivity index (χ1) is 8.92. The minimum atomic E-state index is -0.862. The Morgan fingerprint density at radius 2 is 2.00 bits per heavy atom. The summed E-state index contributed by atoms with van der Waals surface area (Å²) in [5.74, 6) is 0.407. The van der Waals surface area contributed by atoms with Crippen LogP contribution in [-0.4, -0.2) is 25.3 Å². The Balaban J connectivity index is 3.16. The summed E-state index contributed by atoms with van der Waals surface area (Å²) in [7, 11) is 3.12. The smallest absolute Gasteiger partial charge is 0.303 e. The number of ether oxygens (including phenoxy) is 2. The molecule has 6 heteroatoms. The summed E-state index contributed by atoms with van der Waals surface area (Å²) in [6.07, 6.45) is 0.372. The zero-order valence-electron chi connectivity index (χ0n) is 11.2. The Morgan fingerprint density at radius 1 is 1.42 bits per heavy atom. The molecule has 1 aromatic rings. The van der Waals surface area contributed by atoms with E-state index >= 15 is 0 Å². The second-order valence-corrected chi connectivity index (χ2v) is 5.00. The lowest BCUT2D eigenvalue weighted by molar-refractivity contribution is -0.137. The maximum absolute atomic E-state index is 10.6. The van der Waals surface area contributed by atoms with E-state index in [1.165, 1.54) is 0 Å². The molecular formula is C13H18BrNO4. The van der Waals surface area contributed by atoms with Crippen molar-refractivity contribution < 1.29 is 19.4 Å². The molecule has 3 N–H and O–H groups in total. The van der Waals surface area contributed by atoms with E-state index in [-0.39, 0.29) is 6.42 Å². The van der Waals surface area contributed by atoms with Crippen molar-refractivity contribution >= 4 is 21.9 Å². The van der Waals surface area contributed by atoms with Gasteiger partial charge in [-0.05, 0) is 40.9 Å². The lowest BCUT2D eigenvalue weighted by atomic mass is 9.99. The molecule has 106 valence electrons. The summed E-state index contributed by atoms with van der Waals surface area (Å²) in [6, 6.07) is 1.47. The van der Waals surface area contributed by atoms with E-state index in [9.17, 15) is 4.79 Å². The predicted octanol–water partition coefficient (Wildman–Crippen LogP) is 2.64. The van der Waals surface area contributed by atoms with E-state index in [0.29, 0.717) is 22.4 Å². The number of carboxylic acids is 1. The molecule has 0 heterocycles. The third-order valence-corrected chi connectivity index (χ3v) is 3.59. The van der Waals surface area contributed by atoms with Crippen LogP contribution in [0.5, 0.6) is 11.5 Å². The Kier molecular flexibility index (Phi) is 5.62. The highest BCUT2D eigenvalue weighted by Gasteiger charge is 2.20. The summed E-state index contributed by atoms with van der Waals surface area (Å²) in [5, 5.41) is 8.71. The molecule has 0 fully saturated rings. The number of nitrogens with two attached hydrogens (primary N) is 1. The second-order valence-electron chi connectivity index (χ2n) is 4.20. The van der Waals surface area contributed by atoms with Crippen molar-refractivity contribution in [1.29, 1.82) is 0 Å². The molecule has 1 unspecified atom stereocenters. The van der Waals surface area contributed by atoms with Gasteiger partial charge >= 0.3 is 5.97 Å². The van der Waals surface area contributed by atoms with Gasteiger partial charge in [-0.3, -0.25) is 4.79 Å². The highest BCUT2D eigenvalue weighted by atomic mass is 79.9. The fourth-order valence-electron chi connectivity index (χ4n) is 1.94. The van der Waals surface area contributed by atoms with Gasteiger partial charge in [-0.25, -0.2) is 0 Å². The average Bonchev–Trinajstić information content (AvgIpc) is 2.35. The summed E-state index contributed by atoms with van der Waals surface area (Å²) >= 11 is 3.43. The van der Waals surface area contributed by atoms with Crippen LogP contribution in [0.15, 0.2) is 10.5 Å². The first-order valence-electron chi connectivity index (χ1n) is 5.80. The van der Waals surface area contributed by atoms with Gasteiger partial charge in [0.25, 0.3) is 0 Å². The van der Waals surface area contributed by atoms with Gasteiger partial charge in [0, 0.05) is 18.0 Å². The van der Waals surface area contributed by atoms with Gasteiger partial charge < -0.3 is 20.3 Å². The molecule has 1 aromatic carbocycles. The monoisotopic (exact) mass is 331 g/mol. The Hall–Kier alpha value is -1.27. The molecule has 1 atom stereocenters. The molecule has 0 aliphatic carbocycles. The number of benzene rings is 1. The van der Waals surface area contributed by atoms with E-state index in [2.05, 4.69) is 15.9 Å². The molecule has 0 aliphatic heterocycles. The van der Waals surface area contributed by atoms with Crippen LogP contribution in [-0.2, 0) is 4.79 Å². The molecule has 0 aliphatic rings. The third-order valence-electron chi connectivity index (χ3n) is 2.87. The van der Waals surface area contributed by atoms with E-state index in [1.807, 2.05) is 13.0 Å². The van der Waals surface area contributed by atoms with Gasteiger partial charge in [-0.15, -0.1) is 0 Å². The molecule has 0 saturated heterocycles. The van der Waals surface area contributed by atoms with Crippen molar-refractivity contribution in [3.8, 4) is 11.5 Å². The zero-order chi connectivity index (χ0) is 14.6. The number of hydrogen-bond donors (Lipinski definition) is 2. The van der Waals surface area contributed by atoms with Crippen LogP contribution in [0.4, 0.5) is 0 Å². The summed E-state index contributed by atoms with van der Waals surface area (Å²) in [5.41, 5.74) is 7.73. The van der Waals surface area contributed by atoms with Crippen molar-refractivity contribution in [3.63, 3.8) is 0 Å². The zero-order valence-corrected chi connectivity index (χ0v) is 12.8. The van der Waals surface area contributed by atoms with Gasteiger partial charge in [-0.2, -0.15) is 0 Å². The molecule has 0 saturated carbocycles. The number of carboxylic acid groups (broad SMARTS) is 1.